The molecule has 6 heteroatoms. The molecule has 0 radical (unpaired) electrons. The van der Waals surface area contributed by atoms with Crippen molar-refractivity contribution in [3.05, 3.63) is 52.9 Å². The fourth-order valence-corrected chi connectivity index (χ4v) is 3.51. The summed E-state index contributed by atoms with van der Waals surface area (Å²) in [6, 6.07) is 12.8. The Morgan fingerprint density at radius 1 is 1.00 bits per heavy atom. The number of aromatic nitrogens is 1. The van der Waals surface area contributed by atoms with Crippen molar-refractivity contribution < 1.29 is 13.9 Å². The van der Waals surface area contributed by atoms with Gasteiger partial charge < -0.3 is 13.9 Å². The van der Waals surface area contributed by atoms with Gasteiger partial charge in [-0.2, -0.15) is 0 Å². The normalized spacial score (nSPS) is 11.1. The van der Waals surface area contributed by atoms with Gasteiger partial charge in [0.1, 0.15) is 22.1 Å². The molecule has 0 aliphatic rings. The molecule has 4 aromatic rings. The molecule has 5 nitrogen and oxygen atoms in total. The molecule has 0 saturated heterocycles. The van der Waals surface area contributed by atoms with E-state index >= 15 is 0 Å². The predicted molar refractivity (Wildman–Crippen MR) is 94.2 cm³/mol. The molecule has 24 heavy (non-hydrogen) atoms. The number of thiazole rings is 1. The molecule has 4 rings (SSSR count). The van der Waals surface area contributed by atoms with Crippen LogP contribution in [0.25, 0.3) is 31.8 Å². The number of fused-ring (bicyclic) bond motifs is 2. The molecule has 0 bridgehead atoms. The van der Waals surface area contributed by atoms with E-state index in [-0.39, 0.29) is 0 Å². The van der Waals surface area contributed by atoms with E-state index in [1.54, 1.807) is 26.4 Å². The Balaban J connectivity index is 1.89. The third kappa shape index (κ3) is 2.41. The zero-order valence-electron chi connectivity index (χ0n) is 13.0. The molecule has 0 aliphatic heterocycles. The summed E-state index contributed by atoms with van der Waals surface area (Å²) in [5.41, 5.74) is 1.35. The first-order valence-electron chi connectivity index (χ1n) is 7.25. The van der Waals surface area contributed by atoms with Crippen LogP contribution in [0.4, 0.5) is 0 Å². The lowest BCUT2D eigenvalue weighted by molar-refractivity contribution is 0.414. The van der Waals surface area contributed by atoms with Gasteiger partial charge in [0.15, 0.2) is 0 Å². The molecule has 0 unspecified atom stereocenters. The van der Waals surface area contributed by atoms with Crippen LogP contribution in [0.15, 0.2) is 51.7 Å². The number of hydrogen-bond donors (Lipinski definition) is 0. The lowest BCUT2D eigenvalue weighted by Crippen LogP contribution is -2.02. The summed E-state index contributed by atoms with van der Waals surface area (Å²) in [4.78, 5) is 16.9. The monoisotopic (exact) mass is 339 g/mol. The SMILES string of the molecule is COc1ccc2cc(-c3nc4ccc(OC)cc4s3)c(=O)oc2c1. The summed E-state index contributed by atoms with van der Waals surface area (Å²) >= 11 is 1.43. The smallest absolute Gasteiger partial charge is 0.346 e. The van der Waals surface area contributed by atoms with Crippen molar-refractivity contribution >= 4 is 32.5 Å². The molecule has 0 N–H and O–H groups in total. The molecular weight excluding hydrogens is 326 g/mol. The number of benzene rings is 2. The van der Waals surface area contributed by atoms with Gasteiger partial charge in [-0.15, -0.1) is 11.3 Å². The number of ether oxygens (including phenoxy) is 2. The van der Waals surface area contributed by atoms with Gasteiger partial charge in [-0.25, -0.2) is 9.78 Å². The second-order valence-corrected chi connectivity index (χ2v) is 6.23. The van der Waals surface area contributed by atoms with Gasteiger partial charge >= 0.3 is 5.63 Å². The third-order valence-electron chi connectivity index (χ3n) is 3.77. The van der Waals surface area contributed by atoms with Crippen LogP contribution < -0.4 is 15.1 Å². The van der Waals surface area contributed by atoms with Gasteiger partial charge in [-0.1, -0.05) is 0 Å². The van der Waals surface area contributed by atoms with E-state index in [1.165, 1.54) is 11.3 Å². The average molecular weight is 339 g/mol. The Bertz CT molecular complexity index is 1110. The summed E-state index contributed by atoms with van der Waals surface area (Å²) in [6.45, 7) is 0. The highest BCUT2D eigenvalue weighted by molar-refractivity contribution is 7.21. The second-order valence-electron chi connectivity index (χ2n) is 5.20. The largest absolute Gasteiger partial charge is 0.497 e. The fourth-order valence-electron chi connectivity index (χ4n) is 2.51. The minimum absolute atomic E-state index is 0.415. The van der Waals surface area contributed by atoms with E-state index in [9.17, 15) is 4.79 Å². The van der Waals surface area contributed by atoms with Crippen LogP contribution in [0.1, 0.15) is 0 Å². The van der Waals surface area contributed by atoms with Crippen LogP contribution in [0.5, 0.6) is 11.5 Å². The maximum absolute atomic E-state index is 12.4. The Labute approximate surface area is 141 Å². The van der Waals surface area contributed by atoms with Crippen LogP contribution >= 0.6 is 11.3 Å². The quantitative estimate of drug-likeness (QED) is 0.526. The number of nitrogens with zero attached hydrogens (tertiary/aromatic N) is 1. The lowest BCUT2D eigenvalue weighted by Gasteiger charge is -2.02. The second kappa shape index (κ2) is 5.65. The molecule has 120 valence electrons. The Hall–Kier alpha value is -2.86. The Kier molecular flexibility index (Phi) is 3.46. The third-order valence-corrected chi connectivity index (χ3v) is 4.82. The standard InChI is InChI=1S/C18H13NO4S/c1-21-11-4-3-10-7-13(18(20)23-15(10)8-11)17-19-14-6-5-12(22-2)9-16(14)24-17/h3-9H,1-2H3. The van der Waals surface area contributed by atoms with Gasteiger partial charge in [0.25, 0.3) is 0 Å². The van der Waals surface area contributed by atoms with Gasteiger partial charge in [-0.05, 0) is 36.4 Å². The zero-order valence-corrected chi connectivity index (χ0v) is 13.8. The first kappa shape index (κ1) is 14.7. The van der Waals surface area contributed by atoms with Crippen molar-refractivity contribution in [1.82, 2.24) is 4.98 Å². The number of hydrogen-bond acceptors (Lipinski definition) is 6. The Morgan fingerprint density at radius 2 is 1.75 bits per heavy atom. The molecule has 0 atom stereocenters. The summed E-state index contributed by atoms with van der Waals surface area (Å²) in [6.07, 6.45) is 0. The highest BCUT2D eigenvalue weighted by Crippen LogP contribution is 2.32. The summed E-state index contributed by atoms with van der Waals surface area (Å²) < 4.78 is 16.8. The highest BCUT2D eigenvalue weighted by Gasteiger charge is 2.13. The zero-order chi connectivity index (χ0) is 16.7. The number of methoxy groups -OCH3 is 2. The van der Waals surface area contributed by atoms with Crippen molar-refractivity contribution in [3.8, 4) is 22.1 Å². The van der Waals surface area contributed by atoms with Gasteiger partial charge in [0.05, 0.1) is 30.0 Å². The van der Waals surface area contributed by atoms with Crippen LogP contribution in [0.3, 0.4) is 0 Å². The van der Waals surface area contributed by atoms with Crippen LogP contribution in [0, 0.1) is 0 Å². The lowest BCUT2D eigenvalue weighted by atomic mass is 10.2. The van der Waals surface area contributed by atoms with Gasteiger partial charge in [-0.3, -0.25) is 0 Å². The molecule has 0 spiro atoms. The highest BCUT2D eigenvalue weighted by atomic mass is 32.1. The summed E-state index contributed by atoms with van der Waals surface area (Å²) in [5, 5.41) is 1.45. The molecule has 2 aromatic carbocycles. The molecule has 0 amide bonds. The van der Waals surface area contributed by atoms with Crippen LogP contribution in [0.2, 0.25) is 0 Å². The molecule has 0 aliphatic carbocycles. The molecule has 0 saturated carbocycles. The average Bonchev–Trinajstić information content (AvgIpc) is 3.03. The fraction of sp³-hybridized carbons (Fsp3) is 0.111. The summed E-state index contributed by atoms with van der Waals surface area (Å²) in [5.74, 6) is 1.40. The van der Waals surface area contributed by atoms with Crippen molar-refractivity contribution in [2.24, 2.45) is 0 Å². The van der Waals surface area contributed by atoms with E-state index < -0.39 is 5.63 Å². The van der Waals surface area contributed by atoms with E-state index in [1.807, 2.05) is 30.3 Å². The van der Waals surface area contributed by atoms with Crippen molar-refractivity contribution in [2.45, 2.75) is 0 Å². The first-order valence-corrected chi connectivity index (χ1v) is 8.06. The van der Waals surface area contributed by atoms with E-state index in [4.69, 9.17) is 13.9 Å². The van der Waals surface area contributed by atoms with E-state index in [0.29, 0.717) is 21.9 Å². The minimum atomic E-state index is -0.415. The molecular formula is C18H13NO4S. The predicted octanol–water partition coefficient (Wildman–Crippen LogP) is 4.09. The van der Waals surface area contributed by atoms with Crippen LogP contribution in [-0.4, -0.2) is 19.2 Å². The van der Waals surface area contributed by atoms with Crippen LogP contribution in [-0.2, 0) is 0 Å². The van der Waals surface area contributed by atoms with E-state index in [0.717, 1.165) is 21.4 Å². The van der Waals surface area contributed by atoms with Crippen molar-refractivity contribution in [1.29, 1.82) is 0 Å². The first-order chi connectivity index (χ1) is 11.7. The topological polar surface area (TPSA) is 61.6 Å². The summed E-state index contributed by atoms with van der Waals surface area (Å²) in [7, 11) is 3.19. The van der Waals surface area contributed by atoms with Crippen molar-refractivity contribution in [3.63, 3.8) is 0 Å². The molecule has 0 fully saturated rings. The maximum atomic E-state index is 12.4. The minimum Gasteiger partial charge on any atom is -0.497 e. The molecule has 2 aromatic heterocycles. The van der Waals surface area contributed by atoms with Gasteiger partial charge in [0.2, 0.25) is 0 Å². The number of rotatable bonds is 3. The Morgan fingerprint density at radius 3 is 2.54 bits per heavy atom. The maximum Gasteiger partial charge on any atom is 0.346 e. The molecule has 2 heterocycles. The van der Waals surface area contributed by atoms with Gasteiger partial charge in [0, 0.05) is 11.5 Å². The van der Waals surface area contributed by atoms with Crippen molar-refractivity contribution in [2.75, 3.05) is 14.2 Å². The van der Waals surface area contributed by atoms with E-state index in [2.05, 4.69) is 4.98 Å².